The van der Waals surface area contributed by atoms with Gasteiger partial charge >= 0.3 is 12.1 Å². The lowest BCUT2D eigenvalue weighted by atomic mass is 9.76. The Balaban J connectivity index is 3.27. The maximum absolute atomic E-state index is 14.1. The molecule has 1 aliphatic rings. The van der Waals surface area contributed by atoms with Gasteiger partial charge in [0, 0.05) is 13.5 Å². The van der Waals surface area contributed by atoms with Gasteiger partial charge in [-0.2, -0.15) is 13.2 Å². The summed E-state index contributed by atoms with van der Waals surface area (Å²) >= 11 is 0. The lowest BCUT2D eigenvalue weighted by Gasteiger charge is -2.34. The molecule has 1 amide bonds. The van der Waals surface area contributed by atoms with E-state index in [2.05, 4.69) is 0 Å². The van der Waals surface area contributed by atoms with Gasteiger partial charge in [-0.1, -0.05) is 0 Å². The zero-order valence-electron chi connectivity index (χ0n) is 9.14. The molecule has 0 aromatic rings. The maximum Gasteiger partial charge on any atom is 0.399 e. The van der Waals surface area contributed by atoms with Crippen LogP contribution in [0.3, 0.4) is 0 Å². The molecular formula is C9H11F4NO3. The predicted octanol–water partition coefficient (Wildman–Crippen LogP) is 1.21. The maximum atomic E-state index is 14.1. The van der Waals surface area contributed by atoms with Crippen LogP contribution in [-0.2, 0) is 9.59 Å². The summed E-state index contributed by atoms with van der Waals surface area (Å²) in [5, 5.41) is 8.66. The summed E-state index contributed by atoms with van der Waals surface area (Å²) in [5.41, 5.74) is -6.62. The molecule has 98 valence electrons. The molecule has 0 aromatic heterocycles. The van der Waals surface area contributed by atoms with Gasteiger partial charge in [0.05, 0.1) is 6.54 Å². The van der Waals surface area contributed by atoms with Crippen molar-refractivity contribution in [3.63, 3.8) is 0 Å². The molecular weight excluding hydrogens is 246 g/mol. The lowest BCUT2D eigenvalue weighted by molar-refractivity contribution is -0.248. The normalized spacial score (nSPS) is 33.9. The minimum atomic E-state index is -5.05. The number of hydrogen-bond donors (Lipinski definition) is 1. The summed E-state index contributed by atoms with van der Waals surface area (Å²) in [6.07, 6.45) is -5.05. The fourth-order valence-electron chi connectivity index (χ4n) is 1.84. The third kappa shape index (κ3) is 1.75. The van der Waals surface area contributed by atoms with E-state index in [9.17, 15) is 27.2 Å². The van der Waals surface area contributed by atoms with Crippen molar-refractivity contribution in [2.45, 2.75) is 25.7 Å². The molecule has 17 heavy (non-hydrogen) atoms. The zero-order valence-corrected chi connectivity index (χ0v) is 9.14. The number of amides is 1. The molecule has 0 aromatic carbocycles. The van der Waals surface area contributed by atoms with Gasteiger partial charge in [0.25, 0.3) is 0 Å². The number of carbonyl (C=O) groups is 2. The van der Waals surface area contributed by atoms with Crippen molar-refractivity contribution in [2.75, 3.05) is 13.1 Å². The van der Waals surface area contributed by atoms with Gasteiger partial charge in [-0.05, 0) is 6.92 Å². The number of halogens is 4. The monoisotopic (exact) mass is 257 g/mol. The highest BCUT2D eigenvalue weighted by molar-refractivity contribution is 5.83. The molecule has 0 saturated carbocycles. The second-order valence-electron chi connectivity index (χ2n) is 4.31. The van der Waals surface area contributed by atoms with Gasteiger partial charge in [0.1, 0.15) is 5.41 Å². The number of nitrogens with zero attached hydrogens (tertiary/aromatic N) is 1. The van der Waals surface area contributed by atoms with Crippen molar-refractivity contribution in [3.05, 3.63) is 0 Å². The van der Waals surface area contributed by atoms with E-state index >= 15 is 0 Å². The zero-order chi connectivity index (χ0) is 13.6. The Bertz CT molecular complexity index is 370. The Kier molecular flexibility index (Phi) is 2.89. The molecule has 1 aliphatic heterocycles. The lowest BCUT2D eigenvalue weighted by Crippen LogP contribution is -2.56. The van der Waals surface area contributed by atoms with Crippen LogP contribution in [0.4, 0.5) is 17.6 Å². The third-order valence-corrected chi connectivity index (χ3v) is 3.20. The van der Waals surface area contributed by atoms with E-state index in [1.165, 1.54) is 0 Å². The highest BCUT2D eigenvalue weighted by Crippen LogP contribution is 2.52. The number of hydrogen-bond acceptors (Lipinski definition) is 2. The molecule has 1 rings (SSSR count). The van der Waals surface area contributed by atoms with Gasteiger partial charge in [-0.15, -0.1) is 0 Å². The first-order valence-corrected chi connectivity index (χ1v) is 4.70. The first-order chi connectivity index (χ1) is 7.46. The third-order valence-electron chi connectivity index (χ3n) is 3.20. The molecule has 1 saturated heterocycles. The summed E-state index contributed by atoms with van der Waals surface area (Å²) in [5.74, 6) is -3.00. The number of aliphatic carboxylic acids is 1. The minimum Gasteiger partial charge on any atom is -0.479 e. The van der Waals surface area contributed by atoms with Crippen LogP contribution in [0, 0.1) is 5.41 Å². The van der Waals surface area contributed by atoms with E-state index in [4.69, 9.17) is 5.11 Å². The van der Waals surface area contributed by atoms with E-state index in [-0.39, 0.29) is 0 Å². The van der Waals surface area contributed by atoms with Crippen LogP contribution in [0.2, 0.25) is 0 Å². The topological polar surface area (TPSA) is 57.6 Å². The number of likely N-dealkylation sites (tertiary alicyclic amines) is 1. The Morgan fingerprint density at radius 2 is 1.76 bits per heavy atom. The highest BCUT2D eigenvalue weighted by Gasteiger charge is 2.73. The quantitative estimate of drug-likeness (QED) is 0.718. The summed E-state index contributed by atoms with van der Waals surface area (Å²) in [6.45, 7) is -0.642. The van der Waals surface area contributed by atoms with E-state index in [1.54, 1.807) is 0 Å². The molecule has 2 atom stereocenters. The molecule has 1 heterocycles. The highest BCUT2D eigenvalue weighted by atomic mass is 19.4. The van der Waals surface area contributed by atoms with E-state index < -0.39 is 42.2 Å². The van der Waals surface area contributed by atoms with E-state index in [0.29, 0.717) is 11.8 Å². The smallest absolute Gasteiger partial charge is 0.399 e. The number of carbonyl (C=O) groups excluding carboxylic acids is 1. The van der Waals surface area contributed by atoms with Gasteiger partial charge in [0.2, 0.25) is 11.6 Å². The Morgan fingerprint density at radius 1 is 1.29 bits per heavy atom. The molecule has 1 N–H and O–H groups in total. The first-order valence-electron chi connectivity index (χ1n) is 4.70. The second kappa shape index (κ2) is 3.58. The summed E-state index contributed by atoms with van der Waals surface area (Å²) in [7, 11) is 0. The van der Waals surface area contributed by atoms with Crippen LogP contribution in [0.5, 0.6) is 0 Å². The van der Waals surface area contributed by atoms with Crippen LogP contribution < -0.4 is 0 Å². The molecule has 2 unspecified atom stereocenters. The second-order valence-corrected chi connectivity index (χ2v) is 4.31. The first kappa shape index (κ1) is 13.7. The van der Waals surface area contributed by atoms with Crippen LogP contribution in [0.25, 0.3) is 0 Å². The Labute approximate surface area is 94.2 Å². The van der Waals surface area contributed by atoms with Gasteiger partial charge in [-0.3, -0.25) is 4.79 Å². The summed E-state index contributed by atoms with van der Waals surface area (Å²) in [4.78, 5) is 22.3. The fourth-order valence-corrected chi connectivity index (χ4v) is 1.84. The van der Waals surface area contributed by atoms with Crippen LogP contribution >= 0.6 is 0 Å². The Morgan fingerprint density at radius 3 is 2.00 bits per heavy atom. The van der Waals surface area contributed by atoms with Crippen LogP contribution in [0.15, 0.2) is 0 Å². The van der Waals surface area contributed by atoms with Gasteiger partial charge in [-0.25, -0.2) is 9.18 Å². The molecule has 0 spiro atoms. The van der Waals surface area contributed by atoms with Crippen LogP contribution in [0.1, 0.15) is 13.8 Å². The SMILES string of the molecule is CC(=O)N1CC(F)(C(=O)O)C(C)(C(F)(F)F)C1. The number of carboxylic acid groups (broad SMARTS) is 1. The molecule has 1 fully saturated rings. The number of rotatable bonds is 1. The van der Waals surface area contributed by atoms with Crippen molar-refractivity contribution >= 4 is 11.9 Å². The summed E-state index contributed by atoms with van der Waals surface area (Å²) in [6, 6.07) is 0. The average molecular weight is 257 g/mol. The van der Waals surface area contributed by atoms with Crippen molar-refractivity contribution < 1.29 is 32.3 Å². The number of carboxylic acids is 1. The largest absolute Gasteiger partial charge is 0.479 e. The van der Waals surface area contributed by atoms with Crippen molar-refractivity contribution in [1.29, 1.82) is 0 Å². The van der Waals surface area contributed by atoms with Crippen molar-refractivity contribution in [3.8, 4) is 0 Å². The van der Waals surface area contributed by atoms with Gasteiger partial charge in [0.15, 0.2) is 0 Å². The minimum absolute atomic E-state index is 0.476. The van der Waals surface area contributed by atoms with Crippen molar-refractivity contribution in [1.82, 2.24) is 4.90 Å². The van der Waals surface area contributed by atoms with Crippen LogP contribution in [-0.4, -0.2) is 46.8 Å². The average Bonchev–Trinajstić information content (AvgIpc) is 2.41. The number of alkyl halides is 4. The van der Waals surface area contributed by atoms with Crippen molar-refractivity contribution in [2.24, 2.45) is 5.41 Å². The molecule has 0 bridgehead atoms. The predicted molar refractivity (Wildman–Crippen MR) is 47.9 cm³/mol. The Hall–Kier alpha value is -1.34. The standard InChI is InChI=1S/C9H11F4NO3/c1-5(15)14-3-7(2,9(11,12)13)8(10,4-14)6(16)17/h3-4H2,1-2H3,(H,16,17). The molecule has 0 aliphatic carbocycles. The summed E-state index contributed by atoms with van der Waals surface area (Å²) < 4.78 is 52.5. The molecule has 8 heteroatoms. The molecule has 4 nitrogen and oxygen atoms in total. The van der Waals surface area contributed by atoms with Gasteiger partial charge < -0.3 is 10.0 Å². The van der Waals surface area contributed by atoms with E-state index in [0.717, 1.165) is 6.92 Å². The fraction of sp³-hybridized carbons (Fsp3) is 0.778. The molecule has 0 radical (unpaired) electrons. The van der Waals surface area contributed by atoms with E-state index in [1.807, 2.05) is 0 Å².